The van der Waals surface area contributed by atoms with Crippen molar-refractivity contribution in [1.29, 1.82) is 0 Å². The molecule has 0 aliphatic rings. The molecule has 3 nitrogen and oxygen atoms in total. The number of aromatic nitrogens is 1. The Hall–Kier alpha value is -2.03. The van der Waals surface area contributed by atoms with Crippen LogP contribution < -0.4 is 0 Å². The highest BCUT2D eigenvalue weighted by molar-refractivity contribution is 5.89. The first-order valence-electron chi connectivity index (χ1n) is 5.63. The maximum absolute atomic E-state index is 11.2. The molecule has 2 aromatic rings. The van der Waals surface area contributed by atoms with E-state index in [4.69, 9.17) is 4.74 Å². The van der Waals surface area contributed by atoms with E-state index in [2.05, 4.69) is 24.0 Å². The molecule has 0 aliphatic heterocycles. The summed E-state index contributed by atoms with van der Waals surface area (Å²) in [6.07, 6.45) is 3.16. The molecule has 1 aromatic heterocycles. The standard InChI is InChI=1S/C14H15NO2/c1-3-17-14(16)7-5-12-9-11-8-10(2)4-6-13(11)15-12/h4-9,15H,3H2,1-2H3/b7-5+. The van der Waals surface area contributed by atoms with E-state index < -0.39 is 0 Å². The zero-order valence-corrected chi connectivity index (χ0v) is 9.99. The molecule has 88 valence electrons. The number of benzene rings is 1. The number of aryl methyl sites for hydroxylation is 1. The number of hydrogen-bond donors (Lipinski definition) is 1. The smallest absolute Gasteiger partial charge is 0.330 e. The molecule has 0 unspecified atom stereocenters. The summed E-state index contributed by atoms with van der Waals surface area (Å²) in [6.45, 7) is 4.24. The Balaban J connectivity index is 2.22. The lowest BCUT2D eigenvalue weighted by molar-refractivity contribution is -0.137. The number of ether oxygens (including phenoxy) is 1. The van der Waals surface area contributed by atoms with Crippen LogP contribution in [0.5, 0.6) is 0 Å². The first kappa shape index (κ1) is 11.5. The minimum Gasteiger partial charge on any atom is -0.463 e. The van der Waals surface area contributed by atoms with Crippen LogP contribution in [-0.2, 0) is 9.53 Å². The van der Waals surface area contributed by atoms with Crippen molar-refractivity contribution < 1.29 is 9.53 Å². The van der Waals surface area contributed by atoms with E-state index in [-0.39, 0.29) is 5.97 Å². The zero-order valence-electron chi connectivity index (χ0n) is 9.99. The van der Waals surface area contributed by atoms with Crippen LogP contribution in [-0.4, -0.2) is 17.6 Å². The van der Waals surface area contributed by atoms with E-state index in [9.17, 15) is 4.79 Å². The summed E-state index contributed by atoms with van der Waals surface area (Å²) in [6, 6.07) is 8.20. The zero-order chi connectivity index (χ0) is 12.3. The monoisotopic (exact) mass is 229 g/mol. The van der Waals surface area contributed by atoms with Crippen LogP contribution in [0.15, 0.2) is 30.3 Å². The average Bonchev–Trinajstić information content (AvgIpc) is 2.68. The Morgan fingerprint density at radius 3 is 3.00 bits per heavy atom. The molecule has 0 radical (unpaired) electrons. The number of esters is 1. The van der Waals surface area contributed by atoms with E-state index in [1.54, 1.807) is 13.0 Å². The molecule has 0 fully saturated rings. The average molecular weight is 229 g/mol. The van der Waals surface area contributed by atoms with Gasteiger partial charge in [-0.3, -0.25) is 0 Å². The maximum atomic E-state index is 11.2. The summed E-state index contributed by atoms with van der Waals surface area (Å²) in [5.74, 6) is -0.317. The highest BCUT2D eigenvalue weighted by atomic mass is 16.5. The Bertz CT molecular complexity index is 567. The van der Waals surface area contributed by atoms with Crippen LogP contribution in [0.25, 0.3) is 17.0 Å². The Morgan fingerprint density at radius 1 is 1.41 bits per heavy atom. The van der Waals surface area contributed by atoms with Gasteiger partial charge in [-0.1, -0.05) is 11.6 Å². The van der Waals surface area contributed by atoms with Crippen molar-refractivity contribution in [3.63, 3.8) is 0 Å². The fourth-order valence-corrected chi connectivity index (χ4v) is 1.71. The van der Waals surface area contributed by atoms with E-state index in [0.717, 1.165) is 16.6 Å². The minimum absolute atomic E-state index is 0.317. The molecule has 3 heteroatoms. The molecule has 2 rings (SSSR count). The molecule has 0 bridgehead atoms. The normalized spacial score (nSPS) is 11.2. The largest absolute Gasteiger partial charge is 0.463 e. The summed E-state index contributed by atoms with van der Waals surface area (Å²) in [5, 5.41) is 1.15. The first-order valence-corrected chi connectivity index (χ1v) is 5.63. The van der Waals surface area contributed by atoms with Gasteiger partial charge < -0.3 is 9.72 Å². The topological polar surface area (TPSA) is 42.1 Å². The minimum atomic E-state index is -0.317. The summed E-state index contributed by atoms with van der Waals surface area (Å²) in [5.41, 5.74) is 3.19. The van der Waals surface area contributed by atoms with Gasteiger partial charge in [0, 0.05) is 22.7 Å². The Morgan fingerprint density at radius 2 is 2.24 bits per heavy atom. The molecule has 1 aromatic carbocycles. The number of rotatable bonds is 3. The molecule has 0 aliphatic carbocycles. The molecule has 1 N–H and O–H groups in total. The second kappa shape index (κ2) is 4.87. The SMILES string of the molecule is CCOC(=O)/C=C/c1cc2cc(C)ccc2[nH]1. The highest BCUT2D eigenvalue weighted by Crippen LogP contribution is 2.17. The van der Waals surface area contributed by atoms with E-state index >= 15 is 0 Å². The molecule has 0 atom stereocenters. The second-order valence-corrected chi connectivity index (χ2v) is 3.90. The van der Waals surface area contributed by atoms with E-state index in [1.807, 2.05) is 12.1 Å². The van der Waals surface area contributed by atoms with Crippen LogP contribution in [0.1, 0.15) is 18.2 Å². The molecule has 0 amide bonds. The summed E-state index contributed by atoms with van der Waals surface area (Å²) in [4.78, 5) is 14.4. The van der Waals surface area contributed by atoms with Gasteiger partial charge in [-0.2, -0.15) is 0 Å². The van der Waals surface area contributed by atoms with Gasteiger partial charge in [0.15, 0.2) is 0 Å². The highest BCUT2D eigenvalue weighted by Gasteiger charge is 1.99. The molecule has 17 heavy (non-hydrogen) atoms. The van der Waals surface area contributed by atoms with Gasteiger partial charge in [0.25, 0.3) is 0 Å². The molecule has 0 saturated carbocycles. The van der Waals surface area contributed by atoms with Crippen LogP contribution in [0.4, 0.5) is 0 Å². The number of carbonyl (C=O) groups excluding carboxylic acids is 1. The predicted molar refractivity (Wildman–Crippen MR) is 68.7 cm³/mol. The quantitative estimate of drug-likeness (QED) is 0.649. The molecule has 0 spiro atoms. The van der Waals surface area contributed by atoms with Gasteiger partial charge in [0.2, 0.25) is 0 Å². The van der Waals surface area contributed by atoms with Crippen LogP contribution >= 0.6 is 0 Å². The van der Waals surface area contributed by atoms with Crippen molar-refractivity contribution >= 4 is 22.9 Å². The maximum Gasteiger partial charge on any atom is 0.330 e. The van der Waals surface area contributed by atoms with Crippen molar-refractivity contribution in [2.24, 2.45) is 0 Å². The van der Waals surface area contributed by atoms with Gasteiger partial charge in [-0.05, 0) is 38.1 Å². The van der Waals surface area contributed by atoms with Crippen molar-refractivity contribution in [3.05, 3.63) is 41.6 Å². The molecular weight excluding hydrogens is 214 g/mol. The van der Waals surface area contributed by atoms with Crippen LogP contribution in [0.3, 0.4) is 0 Å². The number of carbonyl (C=O) groups is 1. The van der Waals surface area contributed by atoms with Crippen molar-refractivity contribution in [2.75, 3.05) is 6.61 Å². The van der Waals surface area contributed by atoms with Crippen molar-refractivity contribution in [2.45, 2.75) is 13.8 Å². The lowest BCUT2D eigenvalue weighted by atomic mass is 10.2. The summed E-state index contributed by atoms with van der Waals surface area (Å²) in [7, 11) is 0. The third-order valence-electron chi connectivity index (χ3n) is 2.48. The molecule has 1 heterocycles. The number of nitrogens with one attached hydrogen (secondary N) is 1. The molecule has 0 saturated heterocycles. The van der Waals surface area contributed by atoms with Crippen LogP contribution in [0, 0.1) is 6.92 Å². The predicted octanol–water partition coefficient (Wildman–Crippen LogP) is 3.05. The lowest BCUT2D eigenvalue weighted by Crippen LogP contribution is -1.98. The summed E-state index contributed by atoms with van der Waals surface area (Å²) < 4.78 is 4.82. The second-order valence-electron chi connectivity index (χ2n) is 3.90. The van der Waals surface area contributed by atoms with Gasteiger partial charge in [-0.25, -0.2) is 4.79 Å². The fraction of sp³-hybridized carbons (Fsp3) is 0.214. The molecular formula is C14H15NO2. The first-order chi connectivity index (χ1) is 8.19. The number of aromatic amines is 1. The Kier molecular flexibility index (Phi) is 3.28. The van der Waals surface area contributed by atoms with Gasteiger partial charge in [-0.15, -0.1) is 0 Å². The van der Waals surface area contributed by atoms with Crippen LogP contribution in [0.2, 0.25) is 0 Å². The summed E-state index contributed by atoms with van der Waals surface area (Å²) >= 11 is 0. The van der Waals surface area contributed by atoms with E-state index in [1.165, 1.54) is 11.6 Å². The number of hydrogen-bond acceptors (Lipinski definition) is 2. The number of H-pyrrole nitrogens is 1. The van der Waals surface area contributed by atoms with Crippen molar-refractivity contribution in [1.82, 2.24) is 4.98 Å². The lowest BCUT2D eigenvalue weighted by Gasteiger charge is -1.93. The fourth-order valence-electron chi connectivity index (χ4n) is 1.71. The van der Waals surface area contributed by atoms with Gasteiger partial charge in [0.1, 0.15) is 0 Å². The van der Waals surface area contributed by atoms with E-state index in [0.29, 0.717) is 6.61 Å². The van der Waals surface area contributed by atoms with Gasteiger partial charge >= 0.3 is 5.97 Å². The Labute approximate surface area is 100 Å². The van der Waals surface area contributed by atoms with Crippen molar-refractivity contribution in [3.8, 4) is 0 Å². The van der Waals surface area contributed by atoms with Gasteiger partial charge in [0.05, 0.1) is 6.61 Å². The third kappa shape index (κ3) is 2.75. The number of fused-ring (bicyclic) bond motifs is 1. The third-order valence-corrected chi connectivity index (χ3v) is 2.48.